The Morgan fingerprint density at radius 2 is 2.05 bits per heavy atom. The largest absolute Gasteiger partial charge is 0.573 e. The first-order chi connectivity index (χ1) is 9.10. The van der Waals surface area contributed by atoms with Crippen LogP contribution in [0.15, 0.2) is 29.2 Å². The maximum atomic E-state index is 12.1. The van der Waals surface area contributed by atoms with E-state index in [1.54, 1.807) is 6.92 Å². The highest BCUT2D eigenvalue weighted by Crippen LogP contribution is 2.24. The lowest BCUT2D eigenvalue weighted by Crippen LogP contribution is -2.29. The quantitative estimate of drug-likeness (QED) is 0.836. The lowest BCUT2D eigenvalue weighted by Gasteiger charge is -2.11. The molecule has 0 saturated heterocycles. The van der Waals surface area contributed by atoms with Gasteiger partial charge in [-0.3, -0.25) is 0 Å². The first-order valence-electron chi connectivity index (χ1n) is 5.71. The standard InChI is InChI=1S/C11H15F3N2O3S/c1-8(15)5-6-16-20(17,18)10-4-2-3-9(7-10)19-11(12,13)14/h2-4,7-8,16H,5-6,15H2,1H3. The normalized spacial score (nSPS) is 14.1. The minimum atomic E-state index is -4.87. The molecule has 0 amide bonds. The molecule has 20 heavy (non-hydrogen) atoms. The summed E-state index contributed by atoms with van der Waals surface area (Å²) in [6.07, 6.45) is -4.46. The molecule has 0 aliphatic heterocycles. The zero-order valence-corrected chi connectivity index (χ0v) is 11.5. The molecule has 9 heteroatoms. The van der Waals surface area contributed by atoms with Crippen molar-refractivity contribution in [2.45, 2.75) is 30.6 Å². The molecule has 1 atom stereocenters. The number of nitrogens with two attached hydrogens (primary N) is 1. The van der Waals surface area contributed by atoms with Gasteiger partial charge in [-0.1, -0.05) is 6.07 Å². The molecule has 1 aromatic carbocycles. The fraction of sp³-hybridized carbons (Fsp3) is 0.455. The van der Waals surface area contributed by atoms with E-state index in [1.165, 1.54) is 12.1 Å². The summed E-state index contributed by atoms with van der Waals surface area (Å²) in [6.45, 7) is 1.82. The smallest absolute Gasteiger partial charge is 0.406 e. The van der Waals surface area contributed by atoms with E-state index in [2.05, 4.69) is 9.46 Å². The molecule has 1 rings (SSSR count). The van der Waals surface area contributed by atoms with Crippen molar-refractivity contribution in [3.8, 4) is 5.75 Å². The van der Waals surface area contributed by atoms with Gasteiger partial charge >= 0.3 is 6.36 Å². The van der Waals surface area contributed by atoms with Gasteiger partial charge in [0.05, 0.1) is 4.90 Å². The van der Waals surface area contributed by atoms with Crippen LogP contribution in [-0.4, -0.2) is 27.4 Å². The summed E-state index contributed by atoms with van der Waals surface area (Å²) in [6, 6.07) is 3.99. The van der Waals surface area contributed by atoms with Crippen molar-refractivity contribution in [1.29, 1.82) is 0 Å². The van der Waals surface area contributed by atoms with Crippen molar-refractivity contribution in [3.05, 3.63) is 24.3 Å². The Labute approximate surface area is 115 Å². The molecule has 0 aliphatic carbocycles. The van der Waals surface area contributed by atoms with Gasteiger partial charge in [0.1, 0.15) is 5.75 Å². The van der Waals surface area contributed by atoms with Crippen LogP contribution in [0.25, 0.3) is 0 Å². The van der Waals surface area contributed by atoms with Gasteiger partial charge < -0.3 is 10.5 Å². The molecular formula is C11H15F3N2O3S. The number of halogens is 3. The molecule has 0 spiro atoms. The topological polar surface area (TPSA) is 81.4 Å². The third-order valence-corrected chi connectivity index (χ3v) is 3.70. The Kier molecular flexibility index (Phi) is 5.37. The first-order valence-corrected chi connectivity index (χ1v) is 7.19. The minimum absolute atomic E-state index is 0.102. The summed E-state index contributed by atoms with van der Waals surface area (Å²) < 4.78 is 65.8. The van der Waals surface area contributed by atoms with Crippen molar-refractivity contribution in [3.63, 3.8) is 0 Å². The molecule has 1 aromatic rings. The third-order valence-electron chi connectivity index (χ3n) is 2.24. The predicted molar refractivity (Wildman–Crippen MR) is 66.6 cm³/mol. The van der Waals surface area contributed by atoms with Gasteiger partial charge in [0.25, 0.3) is 0 Å². The number of hydrogen-bond acceptors (Lipinski definition) is 4. The van der Waals surface area contributed by atoms with Gasteiger partial charge in [0, 0.05) is 18.7 Å². The fourth-order valence-corrected chi connectivity index (χ4v) is 2.43. The number of nitrogens with one attached hydrogen (secondary N) is 1. The number of sulfonamides is 1. The monoisotopic (exact) mass is 312 g/mol. The molecule has 3 N–H and O–H groups in total. The molecule has 0 fully saturated rings. The Hall–Kier alpha value is -1.32. The highest BCUT2D eigenvalue weighted by molar-refractivity contribution is 7.89. The van der Waals surface area contributed by atoms with Crippen LogP contribution in [0.2, 0.25) is 0 Å². The Bertz CT molecular complexity index is 544. The fourth-order valence-electron chi connectivity index (χ4n) is 1.34. The van der Waals surface area contributed by atoms with Gasteiger partial charge in [-0.05, 0) is 25.5 Å². The van der Waals surface area contributed by atoms with E-state index in [9.17, 15) is 21.6 Å². The van der Waals surface area contributed by atoms with Crippen molar-refractivity contribution in [1.82, 2.24) is 4.72 Å². The zero-order chi connectivity index (χ0) is 15.4. The summed E-state index contributed by atoms with van der Waals surface area (Å²) in [5.74, 6) is -0.590. The second-order valence-electron chi connectivity index (χ2n) is 4.19. The Morgan fingerprint density at radius 3 is 2.60 bits per heavy atom. The van der Waals surface area contributed by atoms with Gasteiger partial charge in [-0.15, -0.1) is 13.2 Å². The second kappa shape index (κ2) is 6.42. The van der Waals surface area contributed by atoms with Gasteiger partial charge in [0.2, 0.25) is 10.0 Å². The lowest BCUT2D eigenvalue weighted by molar-refractivity contribution is -0.274. The van der Waals surface area contributed by atoms with E-state index < -0.39 is 22.1 Å². The highest BCUT2D eigenvalue weighted by atomic mass is 32.2. The summed E-state index contributed by atoms with van der Waals surface area (Å²) in [4.78, 5) is -0.302. The van der Waals surface area contributed by atoms with Crippen molar-refractivity contribution in [2.24, 2.45) is 5.73 Å². The summed E-state index contributed by atoms with van der Waals surface area (Å²) in [5, 5.41) is 0. The highest BCUT2D eigenvalue weighted by Gasteiger charge is 2.31. The number of ether oxygens (including phenoxy) is 1. The third kappa shape index (κ3) is 5.76. The molecule has 0 radical (unpaired) electrons. The average Bonchev–Trinajstić information content (AvgIpc) is 2.26. The molecule has 0 saturated carbocycles. The van der Waals surface area contributed by atoms with E-state index in [0.29, 0.717) is 6.42 Å². The zero-order valence-electron chi connectivity index (χ0n) is 10.6. The molecule has 5 nitrogen and oxygen atoms in total. The van der Waals surface area contributed by atoms with Crippen LogP contribution < -0.4 is 15.2 Å². The van der Waals surface area contributed by atoms with E-state index in [4.69, 9.17) is 5.73 Å². The molecule has 1 unspecified atom stereocenters. The van der Waals surface area contributed by atoms with Crippen LogP contribution in [-0.2, 0) is 10.0 Å². The summed E-state index contributed by atoms with van der Waals surface area (Å²) in [7, 11) is -3.89. The second-order valence-corrected chi connectivity index (χ2v) is 5.95. The van der Waals surface area contributed by atoms with Crippen molar-refractivity contribution < 1.29 is 26.3 Å². The van der Waals surface area contributed by atoms with E-state index in [1.807, 2.05) is 0 Å². The maximum absolute atomic E-state index is 12.1. The number of benzene rings is 1. The van der Waals surface area contributed by atoms with Crippen LogP contribution in [0.4, 0.5) is 13.2 Å². The predicted octanol–water partition coefficient (Wildman–Crippen LogP) is 1.60. The average molecular weight is 312 g/mol. The summed E-state index contributed by atoms with van der Waals surface area (Å²) >= 11 is 0. The molecular weight excluding hydrogens is 297 g/mol. The molecule has 0 bridgehead atoms. The van der Waals surface area contributed by atoms with Crippen LogP contribution in [0.1, 0.15) is 13.3 Å². The Morgan fingerprint density at radius 1 is 1.40 bits per heavy atom. The van der Waals surface area contributed by atoms with Gasteiger partial charge in [0.15, 0.2) is 0 Å². The number of alkyl halides is 3. The lowest BCUT2D eigenvalue weighted by atomic mass is 10.3. The minimum Gasteiger partial charge on any atom is -0.406 e. The SMILES string of the molecule is CC(N)CCNS(=O)(=O)c1cccc(OC(F)(F)F)c1. The molecule has 0 heterocycles. The van der Waals surface area contributed by atoms with Gasteiger partial charge in [-0.2, -0.15) is 0 Å². The first kappa shape index (κ1) is 16.7. The van der Waals surface area contributed by atoms with Crippen molar-refractivity contribution >= 4 is 10.0 Å². The summed E-state index contributed by atoms with van der Waals surface area (Å²) in [5.41, 5.74) is 5.47. The Balaban J connectivity index is 2.82. The molecule has 114 valence electrons. The van der Waals surface area contributed by atoms with E-state index >= 15 is 0 Å². The van der Waals surface area contributed by atoms with E-state index in [0.717, 1.165) is 12.1 Å². The van der Waals surface area contributed by atoms with E-state index in [-0.39, 0.29) is 17.5 Å². The van der Waals surface area contributed by atoms with Crippen molar-refractivity contribution in [2.75, 3.05) is 6.54 Å². The van der Waals surface area contributed by atoms with Crippen LogP contribution in [0.3, 0.4) is 0 Å². The number of hydrogen-bond donors (Lipinski definition) is 2. The van der Waals surface area contributed by atoms with Crippen LogP contribution in [0.5, 0.6) is 5.75 Å². The van der Waals surface area contributed by atoms with Gasteiger partial charge in [-0.25, -0.2) is 13.1 Å². The van der Waals surface area contributed by atoms with Crippen LogP contribution >= 0.6 is 0 Å². The maximum Gasteiger partial charge on any atom is 0.573 e. The molecule has 0 aliphatic rings. The van der Waals surface area contributed by atoms with Crippen LogP contribution in [0, 0.1) is 0 Å². The molecule has 0 aromatic heterocycles. The number of rotatable bonds is 6.